The van der Waals surface area contributed by atoms with Crippen LogP contribution in [0, 0.1) is 11.8 Å². The molecule has 0 bridgehead atoms. The van der Waals surface area contributed by atoms with Crippen molar-refractivity contribution in [1.29, 1.82) is 0 Å². The maximum absolute atomic E-state index is 8.56. The largest absolute Gasteiger partial charge is 0.750 e. The van der Waals surface area contributed by atoms with Gasteiger partial charge in [0.2, 0.25) is 0 Å². The van der Waals surface area contributed by atoms with E-state index in [0.717, 1.165) is 0 Å². The average Bonchev–Trinajstić information content (AvgIpc) is 1.77. The predicted molar refractivity (Wildman–Crippen MR) is 37.0 cm³/mol. The third-order valence-electron chi connectivity index (χ3n) is 2.48. The summed E-state index contributed by atoms with van der Waals surface area (Å²) in [7, 11) is 0. The van der Waals surface area contributed by atoms with Gasteiger partial charge in [-0.25, -0.2) is 4.21 Å². The van der Waals surface area contributed by atoms with Crippen LogP contribution in [0.2, 0.25) is 0 Å². The van der Waals surface area contributed by atoms with Crippen molar-refractivity contribution in [3.63, 3.8) is 0 Å². The van der Waals surface area contributed by atoms with E-state index in [-0.39, 0.29) is 0 Å². The zero-order valence-corrected chi connectivity index (χ0v) is 6.47. The smallest absolute Gasteiger partial charge is 0.0814 e. The van der Waals surface area contributed by atoms with Crippen LogP contribution < -0.4 is 0 Å². The standard InChI is InChI=1S/C6H10.H2O3S/c1-2-6-4-3-5(1)6;1-4(2)3/h5-6H,1-4H2;(H2,1,2,3)/p-1. The zero-order chi connectivity index (χ0) is 7.56. The molecule has 60 valence electrons. The van der Waals surface area contributed by atoms with Crippen LogP contribution in [0.1, 0.15) is 25.7 Å². The molecule has 2 fully saturated rings. The van der Waals surface area contributed by atoms with Crippen molar-refractivity contribution in [3.05, 3.63) is 0 Å². The number of hydrogen-bond acceptors (Lipinski definition) is 2. The Morgan fingerprint density at radius 1 is 1.20 bits per heavy atom. The fourth-order valence-electron chi connectivity index (χ4n) is 1.56. The highest BCUT2D eigenvalue weighted by molar-refractivity contribution is 7.73. The van der Waals surface area contributed by atoms with Crippen LogP contribution in [-0.2, 0) is 11.4 Å². The van der Waals surface area contributed by atoms with Crippen LogP contribution in [-0.4, -0.2) is 13.3 Å². The molecule has 4 heteroatoms. The first-order valence-corrected chi connectivity index (χ1v) is 4.51. The first-order valence-electron chi connectivity index (χ1n) is 3.48. The van der Waals surface area contributed by atoms with Gasteiger partial charge in [-0.15, -0.1) is 0 Å². The molecular weight excluding hydrogens is 152 g/mol. The molecule has 10 heavy (non-hydrogen) atoms. The fourth-order valence-corrected chi connectivity index (χ4v) is 1.56. The number of rotatable bonds is 0. The second-order valence-corrected chi connectivity index (χ2v) is 3.33. The molecule has 0 aliphatic heterocycles. The first-order chi connectivity index (χ1) is 4.70. The minimum atomic E-state index is -2.86. The number of fused-ring (bicyclic) bond motifs is 1. The highest BCUT2D eigenvalue weighted by Crippen LogP contribution is 2.49. The average molecular weight is 163 g/mol. The van der Waals surface area contributed by atoms with Crippen LogP contribution in [0.15, 0.2) is 0 Å². The Kier molecular flexibility index (Phi) is 2.82. The van der Waals surface area contributed by atoms with E-state index in [2.05, 4.69) is 0 Å². The molecule has 1 N–H and O–H groups in total. The zero-order valence-electron chi connectivity index (χ0n) is 5.66. The van der Waals surface area contributed by atoms with Crippen molar-refractivity contribution in [2.45, 2.75) is 25.7 Å². The summed E-state index contributed by atoms with van der Waals surface area (Å²) in [6.07, 6.45) is 6.24. The van der Waals surface area contributed by atoms with Gasteiger partial charge in [0.1, 0.15) is 0 Å². The predicted octanol–water partition coefficient (Wildman–Crippen LogP) is 1.14. The van der Waals surface area contributed by atoms with E-state index in [0.29, 0.717) is 0 Å². The van der Waals surface area contributed by atoms with Crippen molar-refractivity contribution in [2.24, 2.45) is 11.8 Å². The van der Waals surface area contributed by atoms with Crippen LogP contribution in [0.5, 0.6) is 0 Å². The molecule has 2 saturated carbocycles. The summed E-state index contributed by atoms with van der Waals surface area (Å²) in [6.45, 7) is 0. The monoisotopic (exact) mass is 163 g/mol. The third-order valence-corrected chi connectivity index (χ3v) is 2.48. The van der Waals surface area contributed by atoms with Gasteiger partial charge in [0, 0.05) is 0 Å². The van der Waals surface area contributed by atoms with E-state index in [4.69, 9.17) is 13.3 Å². The third kappa shape index (κ3) is 2.04. The molecule has 0 aromatic carbocycles. The summed E-state index contributed by atoms with van der Waals surface area (Å²) < 4.78 is 24.1. The van der Waals surface area contributed by atoms with E-state index >= 15 is 0 Å². The highest BCUT2D eigenvalue weighted by atomic mass is 32.2. The van der Waals surface area contributed by atoms with E-state index in [1.807, 2.05) is 0 Å². The van der Waals surface area contributed by atoms with Crippen molar-refractivity contribution < 1.29 is 13.3 Å². The summed E-state index contributed by atoms with van der Waals surface area (Å²) in [5.74, 6) is 2.43. The molecule has 1 atom stereocenters. The molecule has 2 rings (SSSR count). The lowest BCUT2D eigenvalue weighted by atomic mass is 9.60. The van der Waals surface area contributed by atoms with Crippen LogP contribution in [0.25, 0.3) is 0 Å². The minimum Gasteiger partial charge on any atom is -0.750 e. The SMILES string of the molecule is C1CC2CCC12.O=S([O-])O. The maximum Gasteiger partial charge on any atom is 0.0814 e. The van der Waals surface area contributed by atoms with E-state index in [1.54, 1.807) is 25.7 Å². The van der Waals surface area contributed by atoms with Crippen LogP contribution in [0.3, 0.4) is 0 Å². The molecule has 0 radical (unpaired) electrons. The Labute approximate surface area is 62.9 Å². The fraction of sp³-hybridized carbons (Fsp3) is 1.00. The lowest BCUT2D eigenvalue weighted by Gasteiger charge is -2.46. The number of hydrogen-bond donors (Lipinski definition) is 1. The van der Waals surface area contributed by atoms with E-state index in [9.17, 15) is 0 Å². The van der Waals surface area contributed by atoms with Crippen molar-refractivity contribution in [3.8, 4) is 0 Å². The van der Waals surface area contributed by atoms with E-state index < -0.39 is 11.4 Å². The van der Waals surface area contributed by atoms with Crippen molar-refractivity contribution >= 4 is 11.4 Å². The molecule has 3 nitrogen and oxygen atoms in total. The molecule has 0 aromatic rings. The van der Waals surface area contributed by atoms with E-state index in [1.165, 1.54) is 11.8 Å². The van der Waals surface area contributed by atoms with Gasteiger partial charge in [0.15, 0.2) is 0 Å². The molecule has 0 heterocycles. The summed E-state index contributed by atoms with van der Waals surface area (Å²) in [6, 6.07) is 0. The maximum atomic E-state index is 8.56. The minimum absolute atomic E-state index is 1.21. The first kappa shape index (κ1) is 8.17. The van der Waals surface area contributed by atoms with Crippen molar-refractivity contribution in [2.75, 3.05) is 0 Å². The Hall–Kier alpha value is 0.0700. The second-order valence-electron chi connectivity index (χ2n) is 2.89. The summed E-state index contributed by atoms with van der Waals surface area (Å²) >= 11 is -2.86. The lowest BCUT2D eigenvalue weighted by Crippen LogP contribution is -2.34. The molecule has 0 spiro atoms. The van der Waals surface area contributed by atoms with Gasteiger partial charge in [-0.2, -0.15) is 0 Å². The normalized spacial score (nSPS) is 37.4. The van der Waals surface area contributed by atoms with Gasteiger partial charge < -0.3 is 9.11 Å². The molecular formula is C6H11O3S-. The van der Waals surface area contributed by atoms with Gasteiger partial charge in [-0.1, -0.05) is 0 Å². The van der Waals surface area contributed by atoms with Gasteiger partial charge in [-0.05, 0) is 37.5 Å². The Morgan fingerprint density at radius 2 is 1.40 bits per heavy atom. The van der Waals surface area contributed by atoms with Crippen molar-refractivity contribution in [1.82, 2.24) is 0 Å². The molecule has 0 aromatic heterocycles. The summed E-state index contributed by atoms with van der Waals surface area (Å²) in [4.78, 5) is 0. The topological polar surface area (TPSA) is 60.4 Å². The van der Waals surface area contributed by atoms with Gasteiger partial charge in [0.05, 0.1) is 11.4 Å². The second kappa shape index (κ2) is 3.46. The van der Waals surface area contributed by atoms with Gasteiger partial charge in [0.25, 0.3) is 0 Å². The van der Waals surface area contributed by atoms with Crippen LogP contribution in [0.4, 0.5) is 0 Å². The Bertz CT molecular complexity index is 115. The molecule has 0 saturated heterocycles. The molecule has 2 aliphatic rings. The molecule has 1 unspecified atom stereocenters. The van der Waals surface area contributed by atoms with Gasteiger partial charge in [-0.3, -0.25) is 0 Å². The lowest BCUT2D eigenvalue weighted by molar-refractivity contribution is 0.0548. The highest BCUT2D eigenvalue weighted by Gasteiger charge is 2.37. The summed E-state index contributed by atoms with van der Waals surface area (Å²) in [5.41, 5.74) is 0. The summed E-state index contributed by atoms with van der Waals surface area (Å²) in [5, 5.41) is 0. The molecule has 2 aliphatic carbocycles. The Balaban J connectivity index is 0.000000112. The Morgan fingerprint density at radius 3 is 1.40 bits per heavy atom. The quantitative estimate of drug-likeness (QED) is 0.545. The van der Waals surface area contributed by atoms with Crippen LogP contribution >= 0.6 is 0 Å². The van der Waals surface area contributed by atoms with Gasteiger partial charge >= 0.3 is 0 Å². The molecule has 0 amide bonds.